The first-order valence-corrected chi connectivity index (χ1v) is 8.13. The number of phenols is 1. The molecule has 0 heterocycles. The van der Waals surface area contributed by atoms with Crippen molar-refractivity contribution in [2.24, 2.45) is 4.99 Å². The van der Waals surface area contributed by atoms with Gasteiger partial charge in [0.2, 0.25) is 0 Å². The Morgan fingerprint density at radius 2 is 1.96 bits per heavy atom. The first-order chi connectivity index (χ1) is 12.1. The van der Waals surface area contributed by atoms with E-state index in [2.05, 4.69) is 4.99 Å². The van der Waals surface area contributed by atoms with Crippen molar-refractivity contribution in [1.29, 1.82) is 0 Å². The highest BCUT2D eigenvalue weighted by Gasteiger charge is 2.15. The summed E-state index contributed by atoms with van der Waals surface area (Å²) in [7, 11) is 0. The van der Waals surface area contributed by atoms with Gasteiger partial charge in [0, 0.05) is 12.3 Å². The molecule has 0 aliphatic rings. The van der Waals surface area contributed by atoms with Crippen molar-refractivity contribution in [2.45, 2.75) is 33.1 Å². The lowest BCUT2D eigenvalue weighted by molar-refractivity contribution is -0.385. The fourth-order valence-corrected chi connectivity index (χ4v) is 2.31. The van der Waals surface area contributed by atoms with E-state index in [0.29, 0.717) is 0 Å². The minimum absolute atomic E-state index is 0.0169. The minimum atomic E-state index is -0.600. The Morgan fingerprint density at radius 1 is 1.27 bits per heavy atom. The second kappa shape index (κ2) is 7.43. The molecule has 0 unspecified atom stereocenters. The molecular weight excluding hydrogens is 336 g/mol. The number of rotatable bonds is 5. The number of aliphatic imine (C=N–C) groups is 1. The lowest BCUT2D eigenvalue weighted by Crippen LogP contribution is -2.10. The second-order valence-electron chi connectivity index (χ2n) is 6.76. The summed E-state index contributed by atoms with van der Waals surface area (Å²) in [6.45, 7) is 7.97. The summed E-state index contributed by atoms with van der Waals surface area (Å²) < 4.78 is 5.18. The van der Waals surface area contributed by atoms with Gasteiger partial charge >= 0.3 is 0 Å². The van der Waals surface area contributed by atoms with Crippen LogP contribution in [0, 0.1) is 10.1 Å². The molecule has 138 valence electrons. The summed E-state index contributed by atoms with van der Waals surface area (Å²) in [5, 5.41) is 33.4. The molecule has 2 aromatic rings. The van der Waals surface area contributed by atoms with Crippen LogP contribution in [0.15, 0.2) is 35.3 Å². The van der Waals surface area contributed by atoms with Crippen LogP contribution in [0.5, 0.6) is 17.2 Å². The number of benzene rings is 2. The molecule has 0 aromatic heterocycles. The zero-order valence-electron chi connectivity index (χ0n) is 15.1. The number of hydrogen-bond donors (Lipinski definition) is 1. The number of non-ortho nitro benzene ring substituents is 1. The zero-order chi connectivity index (χ0) is 19.5. The van der Waals surface area contributed by atoms with Gasteiger partial charge in [0.05, 0.1) is 17.6 Å². The Hall–Kier alpha value is -3.09. The van der Waals surface area contributed by atoms with E-state index in [1.807, 2.05) is 20.8 Å². The molecule has 7 heteroatoms. The number of nitrogens with zero attached hydrogens (tertiary/aromatic N) is 2. The second-order valence-corrected chi connectivity index (χ2v) is 6.76. The number of ether oxygens (including phenoxy) is 1. The molecule has 26 heavy (non-hydrogen) atoms. The predicted molar refractivity (Wildman–Crippen MR) is 97.8 cm³/mol. The van der Waals surface area contributed by atoms with E-state index in [0.717, 1.165) is 17.7 Å². The molecule has 7 nitrogen and oxygen atoms in total. The molecule has 0 atom stereocenters. The molecule has 1 N–H and O–H groups in total. The lowest BCUT2D eigenvalue weighted by Gasteiger charge is -2.19. The SMILES string of the molecule is CCOc1cc([N+](=O)[O-])cc(C=Nc2cc(C(C)(C)C)ccc2O)c1[O-]. The fourth-order valence-electron chi connectivity index (χ4n) is 2.31. The fraction of sp³-hybridized carbons (Fsp3) is 0.316. The van der Waals surface area contributed by atoms with Crippen molar-refractivity contribution in [1.82, 2.24) is 0 Å². The molecule has 0 spiro atoms. The third-order valence-electron chi connectivity index (χ3n) is 3.76. The third-order valence-corrected chi connectivity index (χ3v) is 3.76. The zero-order valence-corrected chi connectivity index (χ0v) is 15.1. The summed E-state index contributed by atoms with van der Waals surface area (Å²) in [6.07, 6.45) is 1.21. The van der Waals surface area contributed by atoms with Crippen molar-refractivity contribution >= 4 is 17.6 Å². The van der Waals surface area contributed by atoms with Crippen LogP contribution in [0.25, 0.3) is 0 Å². The van der Waals surface area contributed by atoms with Gasteiger partial charge in [0.15, 0.2) is 0 Å². The van der Waals surface area contributed by atoms with Crippen LogP contribution in [0.2, 0.25) is 0 Å². The van der Waals surface area contributed by atoms with Crippen LogP contribution in [-0.2, 0) is 5.41 Å². The van der Waals surface area contributed by atoms with Gasteiger partial charge in [-0.05, 0) is 35.6 Å². The Kier molecular flexibility index (Phi) is 5.50. The smallest absolute Gasteiger partial charge is 0.273 e. The predicted octanol–water partition coefficient (Wildman–Crippen LogP) is 3.82. The quantitative estimate of drug-likeness (QED) is 0.497. The van der Waals surface area contributed by atoms with E-state index in [9.17, 15) is 20.3 Å². The summed E-state index contributed by atoms with van der Waals surface area (Å²) >= 11 is 0. The van der Waals surface area contributed by atoms with Crippen molar-refractivity contribution in [2.75, 3.05) is 6.61 Å². The Morgan fingerprint density at radius 3 is 2.54 bits per heavy atom. The average molecular weight is 357 g/mol. The van der Waals surface area contributed by atoms with Crippen molar-refractivity contribution in [3.8, 4) is 17.2 Å². The molecule has 0 aliphatic heterocycles. The number of aromatic hydroxyl groups is 1. The van der Waals surface area contributed by atoms with Gasteiger partial charge in [-0.25, -0.2) is 0 Å². The molecule has 0 amide bonds. The molecule has 0 saturated carbocycles. The molecule has 0 fully saturated rings. The summed E-state index contributed by atoms with van der Waals surface area (Å²) in [4.78, 5) is 14.6. The standard InChI is InChI=1S/C19H22N2O5/c1-5-26-17-10-14(21(24)25)8-12(18(17)23)11-20-15-9-13(19(2,3)4)6-7-16(15)22/h6-11,22-23H,5H2,1-4H3/p-1. The Balaban J connectivity index is 2.49. The van der Waals surface area contributed by atoms with Crippen LogP contribution < -0.4 is 9.84 Å². The van der Waals surface area contributed by atoms with Crippen LogP contribution in [0.1, 0.15) is 38.8 Å². The van der Waals surface area contributed by atoms with Gasteiger partial charge < -0.3 is 14.9 Å². The summed E-state index contributed by atoms with van der Waals surface area (Å²) in [6, 6.07) is 7.29. The first kappa shape index (κ1) is 19.2. The van der Waals surface area contributed by atoms with Crippen molar-refractivity contribution in [3.63, 3.8) is 0 Å². The molecule has 2 rings (SSSR count). The Bertz CT molecular complexity index is 854. The maximum absolute atomic E-state index is 12.4. The Labute approximate surface area is 151 Å². The number of hydrogen-bond acceptors (Lipinski definition) is 6. The highest BCUT2D eigenvalue weighted by molar-refractivity contribution is 5.88. The molecule has 0 radical (unpaired) electrons. The number of nitro groups is 1. The van der Waals surface area contributed by atoms with E-state index < -0.39 is 10.7 Å². The van der Waals surface area contributed by atoms with Gasteiger partial charge in [-0.1, -0.05) is 32.6 Å². The first-order valence-electron chi connectivity index (χ1n) is 8.13. The van der Waals surface area contributed by atoms with E-state index >= 15 is 0 Å². The van der Waals surface area contributed by atoms with Gasteiger partial charge in [-0.2, -0.15) is 0 Å². The average Bonchev–Trinajstić information content (AvgIpc) is 2.55. The highest BCUT2D eigenvalue weighted by Crippen LogP contribution is 2.34. The summed E-state index contributed by atoms with van der Waals surface area (Å²) in [5.74, 6) is -0.638. The third kappa shape index (κ3) is 4.30. The van der Waals surface area contributed by atoms with Crippen LogP contribution in [0.3, 0.4) is 0 Å². The number of nitro benzene ring substituents is 1. The maximum atomic E-state index is 12.4. The monoisotopic (exact) mass is 357 g/mol. The molecule has 0 bridgehead atoms. The maximum Gasteiger partial charge on any atom is 0.273 e. The number of phenolic OH excluding ortho intramolecular Hbond substituents is 1. The lowest BCUT2D eigenvalue weighted by atomic mass is 9.87. The van der Waals surface area contributed by atoms with Gasteiger partial charge in [-0.15, -0.1) is 0 Å². The van der Waals surface area contributed by atoms with Gasteiger partial charge in [0.25, 0.3) is 5.69 Å². The largest absolute Gasteiger partial charge is 0.870 e. The minimum Gasteiger partial charge on any atom is -0.870 e. The van der Waals surface area contributed by atoms with Gasteiger partial charge in [-0.3, -0.25) is 15.1 Å². The van der Waals surface area contributed by atoms with E-state index in [1.165, 1.54) is 12.3 Å². The normalized spacial score (nSPS) is 11.7. The van der Waals surface area contributed by atoms with Crippen molar-refractivity contribution in [3.05, 3.63) is 51.6 Å². The van der Waals surface area contributed by atoms with Crippen molar-refractivity contribution < 1.29 is 19.9 Å². The molecule has 2 aromatic carbocycles. The van der Waals surface area contributed by atoms with Crippen LogP contribution in [0.4, 0.5) is 11.4 Å². The van der Waals surface area contributed by atoms with Crippen LogP contribution in [-0.4, -0.2) is 22.9 Å². The van der Waals surface area contributed by atoms with Gasteiger partial charge in [0.1, 0.15) is 17.2 Å². The van der Waals surface area contributed by atoms with E-state index in [1.54, 1.807) is 19.1 Å². The van der Waals surface area contributed by atoms with E-state index in [4.69, 9.17) is 4.74 Å². The van der Waals surface area contributed by atoms with Crippen LogP contribution >= 0.6 is 0 Å². The van der Waals surface area contributed by atoms with E-state index in [-0.39, 0.29) is 40.5 Å². The molecule has 0 aliphatic carbocycles. The topological polar surface area (TPSA) is 108 Å². The molecule has 0 saturated heterocycles. The highest BCUT2D eigenvalue weighted by atomic mass is 16.6. The summed E-state index contributed by atoms with van der Waals surface area (Å²) in [5.41, 5.74) is 0.848. The molecular formula is C19H21N2O5-.